The van der Waals surface area contributed by atoms with Crippen molar-refractivity contribution in [2.75, 3.05) is 15.4 Å². The first kappa shape index (κ1) is 17.2. The summed E-state index contributed by atoms with van der Waals surface area (Å²) in [6, 6.07) is 11.4. The second-order valence-electron chi connectivity index (χ2n) is 5.91. The van der Waals surface area contributed by atoms with Crippen molar-refractivity contribution in [3.8, 4) is 0 Å². The van der Waals surface area contributed by atoms with E-state index in [1.807, 2.05) is 0 Å². The number of rotatable bonds is 5. The minimum Gasteiger partial charge on any atom is -0.283 e. The highest BCUT2D eigenvalue weighted by Gasteiger charge is 2.36. The summed E-state index contributed by atoms with van der Waals surface area (Å²) >= 11 is 0. The normalized spacial score (nSPS) is 13.9. The Kier molecular flexibility index (Phi) is 4.34. The van der Waals surface area contributed by atoms with Crippen LogP contribution in [0.15, 0.2) is 42.5 Å². The Labute approximate surface area is 146 Å². The van der Waals surface area contributed by atoms with Crippen molar-refractivity contribution in [3.05, 3.63) is 59.2 Å². The van der Waals surface area contributed by atoms with Gasteiger partial charge in [0.2, 0.25) is 10.0 Å². The Bertz CT molecular complexity index is 932. The van der Waals surface area contributed by atoms with E-state index in [2.05, 4.69) is 4.72 Å². The van der Waals surface area contributed by atoms with Crippen LogP contribution < -0.4 is 9.62 Å². The Morgan fingerprint density at radius 1 is 1.00 bits per heavy atom. The molecule has 7 heteroatoms. The summed E-state index contributed by atoms with van der Waals surface area (Å²) in [5, 5.41) is 0. The summed E-state index contributed by atoms with van der Waals surface area (Å²) in [6.45, 7) is 3.54. The smallest absolute Gasteiger partial charge is 0.266 e. The second kappa shape index (κ2) is 6.33. The fourth-order valence-electron chi connectivity index (χ4n) is 2.77. The van der Waals surface area contributed by atoms with E-state index < -0.39 is 21.8 Å². The van der Waals surface area contributed by atoms with E-state index in [4.69, 9.17) is 0 Å². The average Bonchev–Trinajstić information content (AvgIpc) is 2.81. The van der Waals surface area contributed by atoms with Gasteiger partial charge in [0.1, 0.15) is 0 Å². The number of benzene rings is 2. The molecule has 0 unspecified atom stereocenters. The summed E-state index contributed by atoms with van der Waals surface area (Å²) in [4.78, 5) is 26.2. The van der Waals surface area contributed by atoms with Crippen LogP contribution in [0.2, 0.25) is 0 Å². The maximum atomic E-state index is 12.6. The molecule has 2 amide bonds. The monoisotopic (exact) mass is 358 g/mol. The summed E-state index contributed by atoms with van der Waals surface area (Å²) in [5.74, 6) is -0.817. The standard InChI is InChI=1S/C18H18N2O4S/c1-3-10-25(23,24)19-16-11-13(9-8-12(16)2)20-17(21)14-6-4-5-7-15(14)18(20)22/h4-9,11,19H,3,10H2,1-2H3. The van der Waals surface area contributed by atoms with Gasteiger partial charge in [-0.3, -0.25) is 14.3 Å². The van der Waals surface area contributed by atoms with E-state index in [-0.39, 0.29) is 5.75 Å². The molecular weight excluding hydrogens is 340 g/mol. The average molecular weight is 358 g/mol. The first-order chi connectivity index (χ1) is 11.8. The number of aryl methyl sites for hydroxylation is 1. The third-order valence-electron chi connectivity index (χ3n) is 4.01. The zero-order valence-electron chi connectivity index (χ0n) is 13.9. The molecule has 2 aromatic rings. The summed E-state index contributed by atoms with van der Waals surface area (Å²) in [5.41, 5.74) is 2.11. The SMILES string of the molecule is CCCS(=O)(=O)Nc1cc(N2C(=O)c3ccccc3C2=O)ccc1C. The van der Waals surface area contributed by atoms with Crippen molar-refractivity contribution in [3.63, 3.8) is 0 Å². The van der Waals surface area contributed by atoms with Gasteiger partial charge in [-0.2, -0.15) is 0 Å². The van der Waals surface area contributed by atoms with Gasteiger partial charge < -0.3 is 0 Å². The summed E-state index contributed by atoms with van der Waals surface area (Å²) in [7, 11) is -3.47. The van der Waals surface area contributed by atoms with Crippen LogP contribution in [0, 0.1) is 6.92 Å². The molecule has 6 nitrogen and oxygen atoms in total. The van der Waals surface area contributed by atoms with Gasteiger partial charge in [-0.25, -0.2) is 13.3 Å². The van der Waals surface area contributed by atoms with Crippen LogP contribution in [0.5, 0.6) is 0 Å². The molecule has 0 radical (unpaired) electrons. The number of amides is 2. The van der Waals surface area contributed by atoms with E-state index in [0.717, 1.165) is 4.90 Å². The van der Waals surface area contributed by atoms with Gasteiger partial charge in [0.15, 0.2) is 0 Å². The largest absolute Gasteiger partial charge is 0.283 e. The molecule has 130 valence electrons. The lowest BCUT2D eigenvalue weighted by atomic mass is 10.1. The Morgan fingerprint density at radius 3 is 2.16 bits per heavy atom. The molecule has 2 aromatic carbocycles. The number of sulfonamides is 1. The first-order valence-electron chi connectivity index (χ1n) is 7.93. The lowest BCUT2D eigenvalue weighted by Gasteiger charge is -2.17. The van der Waals surface area contributed by atoms with E-state index in [1.165, 1.54) is 6.07 Å². The van der Waals surface area contributed by atoms with Gasteiger partial charge in [0.05, 0.1) is 28.3 Å². The molecule has 1 heterocycles. The molecule has 1 N–H and O–H groups in total. The van der Waals surface area contributed by atoms with Crippen molar-refractivity contribution >= 4 is 33.2 Å². The van der Waals surface area contributed by atoms with Gasteiger partial charge in [0, 0.05) is 0 Å². The van der Waals surface area contributed by atoms with Crippen LogP contribution in [0.3, 0.4) is 0 Å². The van der Waals surface area contributed by atoms with Gasteiger partial charge >= 0.3 is 0 Å². The maximum Gasteiger partial charge on any atom is 0.266 e. The molecule has 25 heavy (non-hydrogen) atoms. The molecule has 1 aliphatic rings. The molecule has 0 aliphatic carbocycles. The van der Waals surface area contributed by atoms with Crippen LogP contribution in [0.4, 0.5) is 11.4 Å². The molecule has 0 bridgehead atoms. The number of imide groups is 1. The zero-order chi connectivity index (χ0) is 18.2. The Balaban J connectivity index is 1.99. The zero-order valence-corrected chi connectivity index (χ0v) is 14.8. The summed E-state index contributed by atoms with van der Waals surface area (Å²) < 4.78 is 26.6. The Hall–Kier alpha value is -2.67. The molecule has 0 spiro atoms. The Morgan fingerprint density at radius 2 is 1.60 bits per heavy atom. The van der Waals surface area contributed by atoms with Gasteiger partial charge in [-0.1, -0.05) is 25.1 Å². The van der Waals surface area contributed by atoms with E-state index in [9.17, 15) is 18.0 Å². The topological polar surface area (TPSA) is 83.6 Å². The number of hydrogen-bond donors (Lipinski definition) is 1. The van der Waals surface area contributed by atoms with Crippen LogP contribution >= 0.6 is 0 Å². The predicted octanol–water partition coefficient (Wildman–Crippen LogP) is 2.95. The molecule has 3 rings (SSSR count). The lowest BCUT2D eigenvalue weighted by Crippen LogP contribution is -2.29. The molecule has 0 saturated carbocycles. The maximum absolute atomic E-state index is 12.6. The minimum atomic E-state index is -3.47. The van der Waals surface area contributed by atoms with Crippen LogP contribution in [0.1, 0.15) is 39.6 Å². The predicted molar refractivity (Wildman–Crippen MR) is 96.5 cm³/mol. The number of carbonyl (C=O) groups is 2. The van der Waals surface area contributed by atoms with Crippen LogP contribution in [0.25, 0.3) is 0 Å². The summed E-state index contributed by atoms with van der Waals surface area (Å²) in [6.07, 6.45) is 0.493. The van der Waals surface area contributed by atoms with Crippen molar-refractivity contribution in [1.29, 1.82) is 0 Å². The first-order valence-corrected chi connectivity index (χ1v) is 9.58. The molecule has 0 atom stereocenters. The van der Waals surface area contributed by atoms with Gasteiger partial charge in [0.25, 0.3) is 11.8 Å². The highest BCUT2D eigenvalue weighted by atomic mass is 32.2. The van der Waals surface area contributed by atoms with E-state index in [0.29, 0.717) is 34.5 Å². The molecule has 1 aliphatic heterocycles. The molecule has 0 saturated heterocycles. The van der Waals surface area contributed by atoms with E-state index in [1.54, 1.807) is 50.2 Å². The van der Waals surface area contributed by atoms with E-state index >= 15 is 0 Å². The third kappa shape index (κ3) is 3.15. The highest BCUT2D eigenvalue weighted by Crippen LogP contribution is 2.31. The number of carbonyl (C=O) groups excluding carboxylic acids is 2. The third-order valence-corrected chi connectivity index (χ3v) is 5.49. The number of hydrogen-bond acceptors (Lipinski definition) is 4. The fourth-order valence-corrected chi connectivity index (χ4v) is 3.96. The highest BCUT2D eigenvalue weighted by molar-refractivity contribution is 7.92. The quantitative estimate of drug-likeness (QED) is 0.833. The van der Waals surface area contributed by atoms with Crippen LogP contribution in [-0.4, -0.2) is 26.0 Å². The van der Waals surface area contributed by atoms with Crippen molar-refractivity contribution in [2.24, 2.45) is 0 Å². The fraction of sp³-hybridized carbons (Fsp3) is 0.222. The second-order valence-corrected chi connectivity index (χ2v) is 7.75. The lowest BCUT2D eigenvalue weighted by molar-refractivity contribution is 0.0926. The number of anilines is 2. The van der Waals surface area contributed by atoms with Crippen molar-refractivity contribution in [1.82, 2.24) is 0 Å². The molecule has 0 fully saturated rings. The number of nitrogens with one attached hydrogen (secondary N) is 1. The van der Waals surface area contributed by atoms with Crippen molar-refractivity contribution in [2.45, 2.75) is 20.3 Å². The van der Waals surface area contributed by atoms with Gasteiger partial charge in [-0.15, -0.1) is 0 Å². The minimum absolute atomic E-state index is 0.00366. The number of nitrogens with zero attached hydrogens (tertiary/aromatic N) is 1. The van der Waals surface area contributed by atoms with Crippen LogP contribution in [-0.2, 0) is 10.0 Å². The molecule has 0 aromatic heterocycles. The van der Waals surface area contributed by atoms with Crippen molar-refractivity contribution < 1.29 is 18.0 Å². The van der Waals surface area contributed by atoms with Gasteiger partial charge in [-0.05, 0) is 43.2 Å². The number of fused-ring (bicyclic) bond motifs is 1. The molecular formula is C18H18N2O4S.